The molecule has 2 heterocycles. The summed E-state index contributed by atoms with van der Waals surface area (Å²) in [7, 11) is 0. The van der Waals surface area contributed by atoms with Crippen LogP contribution in [0.4, 0.5) is 0 Å². The lowest BCUT2D eigenvalue weighted by molar-refractivity contribution is 0.207. The van der Waals surface area contributed by atoms with Crippen molar-refractivity contribution < 1.29 is 5.11 Å². The van der Waals surface area contributed by atoms with Gasteiger partial charge in [-0.1, -0.05) is 44.2 Å². The maximum absolute atomic E-state index is 13.1. The second-order valence-corrected chi connectivity index (χ2v) is 8.76. The molecule has 0 atom stereocenters. The van der Waals surface area contributed by atoms with Crippen molar-refractivity contribution in [2.24, 2.45) is 5.92 Å². The number of nitrogens with zero attached hydrogens (tertiary/aromatic N) is 3. The van der Waals surface area contributed by atoms with Gasteiger partial charge in [0.15, 0.2) is 0 Å². The van der Waals surface area contributed by atoms with E-state index in [0.717, 1.165) is 54.3 Å². The van der Waals surface area contributed by atoms with E-state index in [9.17, 15) is 9.90 Å². The predicted octanol–water partition coefficient (Wildman–Crippen LogP) is 4.51. The van der Waals surface area contributed by atoms with Crippen LogP contribution in [0, 0.1) is 5.92 Å². The highest BCUT2D eigenvalue weighted by Gasteiger charge is 2.25. The van der Waals surface area contributed by atoms with Crippen molar-refractivity contribution in [1.82, 2.24) is 14.0 Å². The molecule has 0 saturated heterocycles. The van der Waals surface area contributed by atoms with Crippen LogP contribution < -0.4 is 5.69 Å². The number of hydrogen-bond donors (Lipinski definition) is 1. The molecule has 1 aliphatic heterocycles. The first kappa shape index (κ1) is 23.1. The monoisotopic (exact) mass is 433 g/mol. The Hall–Kier alpha value is -1.56. The van der Waals surface area contributed by atoms with Gasteiger partial charge < -0.3 is 5.11 Å². The van der Waals surface area contributed by atoms with Gasteiger partial charge in [-0.25, -0.2) is 4.79 Å². The highest BCUT2D eigenvalue weighted by molar-refractivity contribution is 5.85. The van der Waals surface area contributed by atoms with E-state index >= 15 is 0 Å². The number of benzene rings is 1. The fourth-order valence-electron chi connectivity index (χ4n) is 5.31. The molecule has 0 spiro atoms. The molecule has 4 rings (SSSR count). The van der Waals surface area contributed by atoms with Crippen LogP contribution in [-0.2, 0) is 6.54 Å². The van der Waals surface area contributed by atoms with E-state index in [1.807, 2.05) is 40.3 Å². The van der Waals surface area contributed by atoms with E-state index in [1.54, 1.807) is 0 Å². The summed E-state index contributed by atoms with van der Waals surface area (Å²) in [5.74, 6) is 0.779. The van der Waals surface area contributed by atoms with E-state index < -0.39 is 0 Å². The van der Waals surface area contributed by atoms with Gasteiger partial charge in [0, 0.05) is 38.3 Å². The number of halogens is 1. The second-order valence-electron chi connectivity index (χ2n) is 8.76. The third-order valence-corrected chi connectivity index (χ3v) is 6.84. The van der Waals surface area contributed by atoms with Crippen molar-refractivity contribution >= 4 is 29.1 Å². The van der Waals surface area contributed by atoms with Crippen LogP contribution in [0.25, 0.3) is 16.7 Å². The lowest BCUT2D eigenvalue weighted by atomic mass is 9.90. The standard InChI is InChI=1S/C24H35N3O2.ClH/c1-2-26-22-12-8-9-13-23(22)27(24(26)29)21-14-15-25(17-20(21)18-28)16-19-10-6-4-3-5-7-11-19;/h8-9,12-13,19,28H,2-7,10-11,14-18H2,1H3;1H. The number of aromatic nitrogens is 2. The van der Waals surface area contributed by atoms with Gasteiger partial charge in [0.2, 0.25) is 0 Å². The number of aliphatic hydroxyl groups is 1. The molecule has 1 aliphatic carbocycles. The second kappa shape index (κ2) is 10.7. The van der Waals surface area contributed by atoms with Crippen LogP contribution in [-0.4, -0.2) is 45.4 Å². The fourth-order valence-corrected chi connectivity index (χ4v) is 5.31. The molecule has 6 heteroatoms. The van der Waals surface area contributed by atoms with Crippen molar-refractivity contribution in [2.75, 3.05) is 26.2 Å². The Bertz CT molecular complexity index is 922. The van der Waals surface area contributed by atoms with E-state index in [-0.39, 0.29) is 24.7 Å². The summed E-state index contributed by atoms with van der Waals surface area (Å²) >= 11 is 0. The zero-order valence-corrected chi connectivity index (χ0v) is 19.0. The molecule has 0 amide bonds. The van der Waals surface area contributed by atoms with Crippen LogP contribution in [0.1, 0.15) is 58.3 Å². The SMILES string of the molecule is CCn1c(=O)n(C2=C(CO)CN(CC3CCCCCCC3)CC2)c2ccccc21.Cl. The van der Waals surface area contributed by atoms with Gasteiger partial charge >= 0.3 is 5.69 Å². The summed E-state index contributed by atoms with van der Waals surface area (Å²) in [4.78, 5) is 15.7. The smallest absolute Gasteiger partial charge is 0.333 e. The van der Waals surface area contributed by atoms with Gasteiger partial charge in [-0.2, -0.15) is 0 Å². The van der Waals surface area contributed by atoms with Crippen molar-refractivity contribution in [3.63, 3.8) is 0 Å². The Morgan fingerprint density at radius 3 is 2.37 bits per heavy atom. The van der Waals surface area contributed by atoms with Crippen molar-refractivity contribution in [3.05, 3.63) is 40.3 Å². The molecule has 2 aliphatic rings. The average Bonchev–Trinajstić information content (AvgIpc) is 3.00. The fraction of sp³-hybridized carbons (Fsp3) is 0.625. The van der Waals surface area contributed by atoms with Gasteiger partial charge in [0.1, 0.15) is 0 Å². The Balaban J connectivity index is 0.00000256. The summed E-state index contributed by atoms with van der Waals surface area (Å²) in [6.07, 6.45) is 10.4. The Morgan fingerprint density at radius 2 is 1.70 bits per heavy atom. The number of hydrogen-bond acceptors (Lipinski definition) is 3. The van der Waals surface area contributed by atoms with E-state index in [0.29, 0.717) is 6.54 Å². The predicted molar refractivity (Wildman–Crippen MR) is 126 cm³/mol. The minimum Gasteiger partial charge on any atom is -0.392 e. The maximum atomic E-state index is 13.1. The number of aryl methyl sites for hydroxylation is 1. The minimum atomic E-state index is 0. The number of aliphatic hydroxyl groups excluding tert-OH is 1. The molecule has 1 aromatic carbocycles. The molecule has 0 bridgehead atoms. The van der Waals surface area contributed by atoms with Gasteiger partial charge in [-0.05, 0) is 43.4 Å². The van der Waals surface area contributed by atoms with Crippen LogP contribution in [0.15, 0.2) is 34.6 Å². The number of fused-ring (bicyclic) bond motifs is 1. The summed E-state index contributed by atoms with van der Waals surface area (Å²) < 4.78 is 3.69. The van der Waals surface area contributed by atoms with E-state index in [4.69, 9.17) is 0 Å². The number of rotatable bonds is 5. The van der Waals surface area contributed by atoms with Crippen LogP contribution in [0.2, 0.25) is 0 Å². The van der Waals surface area contributed by atoms with Gasteiger partial charge in [0.05, 0.1) is 17.6 Å². The molecule has 5 nitrogen and oxygen atoms in total. The molecule has 1 N–H and O–H groups in total. The molecule has 0 radical (unpaired) electrons. The number of para-hydroxylation sites is 2. The Morgan fingerprint density at radius 1 is 1.03 bits per heavy atom. The molecule has 2 aromatic rings. The molecule has 0 unspecified atom stereocenters. The lowest BCUT2D eigenvalue weighted by Crippen LogP contribution is -2.38. The summed E-state index contributed by atoms with van der Waals surface area (Å²) in [6.45, 7) is 5.56. The van der Waals surface area contributed by atoms with Gasteiger partial charge in [-0.15, -0.1) is 12.4 Å². The summed E-state index contributed by atoms with van der Waals surface area (Å²) in [5, 5.41) is 10.1. The largest absolute Gasteiger partial charge is 0.392 e. The molecule has 1 fully saturated rings. The Labute approximate surface area is 185 Å². The van der Waals surface area contributed by atoms with Crippen molar-refractivity contribution in [1.29, 1.82) is 0 Å². The zero-order valence-electron chi connectivity index (χ0n) is 18.2. The van der Waals surface area contributed by atoms with Crippen molar-refractivity contribution in [2.45, 2.75) is 64.8 Å². The zero-order chi connectivity index (χ0) is 20.2. The molecule has 1 aromatic heterocycles. The first-order chi connectivity index (χ1) is 14.2. The van der Waals surface area contributed by atoms with Gasteiger partial charge in [-0.3, -0.25) is 14.0 Å². The summed E-state index contributed by atoms with van der Waals surface area (Å²) in [5.41, 5.74) is 3.96. The third-order valence-electron chi connectivity index (χ3n) is 6.84. The van der Waals surface area contributed by atoms with Crippen LogP contribution >= 0.6 is 12.4 Å². The van der Waals surface area contributed by atoms with Gasteiger partial charge in [0.25, 0.3) is 0 Å². The first-order valence-electron chi connectivity index (χ1n) is 11.5. The molecule has 30 heavy (non-hydrogen) atoms. The molecule has 166 valence electrons. The van der Waals surface area contributed by atoms with Crippen LogP contribution in [0.5, 0.6) is 0 Å². The quantitative estimate of drug-likeness (QED) is 0.754. The van der Waals surface area contributed by atoms with E-state index in [2.05, 4.69) is 4.90 Å². The summed E-state index contributed by atoms with van der Waals surface area (Å²) in [6, 6.07) is 8.00. The lowest BCUT2D eigenvalue weighted by Gasteiger charge is -2.33. The highest BCUT2D eigenvalue weighted by Crippen LogP contribution is 2.28. The van der Waals surface area contributed by atoms with Crippen LogP contribution in [0.3, 0.4) is 0 Å². The highest BCUT2D eigenvalue weighted by atomic mass is 35.5. The van der Waals surface area contributed by atoms with Crippen molar-refractivity contribution in [3.8, 4) is 0 Å². The molecule has 1 saturated carbocycles. The topological polar surface area (TPSA) is 50.4 Å². The average molecular weight is 434 g/mol. The number of imidazole rings is 1. The normalized spacial score (nSPS) is 19.5. The first-order valence-corrected chi connectivity index (χ1v) is 11.5. The minimum absolute atomic E-state index is 0. The Kier molecular flexibility index (Phi) is 8.20. The molecular formula is C24H36ClN3O2. The molecular weight excluding hydrogens is 398 g/mol. The third kappa shape index (κ3) is 4.68. The van der Waals surface area contributed by atoms with E-state index in [1.165, 1.54) is 44.9 Å². The maximum Gasteiger partial charge on any atom is 0.333 e.